The Hall–Kier alpha value is -0.790. The maximum Gasteiger partial charge on any atom is 0.307 e. The van der Waals surface area contributed by atoms with E-state index in [2.05, 4.69) is 0 Å². The van der Waals surface area contributed by atoms with E-state index in [-0.39, 0.29) is 11.6 Å². The van der Waals surface area contributed by atoms with Crippen molar-refractivity contribution in [3.05, 3.63) is 11.6 Å². The number of carbonyl (C=O) groups excluding carboxylic acids is 1. The van der Waals surface area contributed by atoms with Crippen LogP contribution in [0.25, 0.3) is 0 Å². The summed E-state index contributed by atoms with van der Waals surface area (Å²) in [6.45, 7) is 8.05. The highest BCUT2D eigenvalue weighted by molar-refractivity contribution is 5.73. The number of allylic oxidation sites excluding steroid dienone is 1. The van der Waals surface area contributed by atoms with Crippen LogP contribution in [0.5, 0.6) is 0 Å². The minimum absolute atomic E-state index is 0.0810. The van der Waals surface area contributed by atoms with Gasteiger partial charge in [-0.2, -0.15) is 0 Å². The third kappa shape index (κ3) is 1.68. The fraction of sp³-hybridized carbons (Fsp3) is 0.700. The van der Waals surface area contributed by atoms with Crippen molar-refractivity contribution in [2.24, 2.45) is 5.92 Å². The molecule has 0 spiro atoms. The normalized spacial score (nSPS) is 34.7. The summed E-state index contributed by atoms with van der Waals surface area (Å²) in [4.78, 5) is 11.0. The molecule has 0 N–H and O–H groups in total. The molecule has 0 amide bonds. The van der Waals surface area contributed by atoms with Gasteiger partial charge in [0.2, 0.25) is 0 Å². The SMILES string of the molecule is CC(C)=CC1(C)OC(=O)CC1C. The second-order valence-corrected chi connectivity index (χ2v) is 3.98. The molecule has 12 heavy (non-hydrogen) atoms. The number of hydrogen-bond donors (Lipinski definition) is 0. The molecule has 1 heterocycles. The summed E-state index contributed by atoms with van der Waals surface area (Å²) in [5, 5.41) is 0. The molecular formula is C10H16O2. The number of ether oxygens (including phenoxy) is 1. The molecule has 0 aromatic rings. The predicted molar refractivity (Wildman–Crippen MR) is 47.7 cm³/mol. The molecule has 68 valence electrons. The lowest BCUT2D eigenvalue weighted by Crippen LogP contribution is -2.27. The van der Waals surface area contributed by atoms with E-state index < -0.39 is 0 Å². The molecule has 1 rings (SSSR count). The van der Waals surface area contributed by atoms with Crippen molar-refractivity contribution in [1.29, 1.82) is 0 Å². The third-order valence-corrected chi connectivity index (χ3v) is 2.36. The highest BCUT2D eigenvalue weighted by Crippen LogP contribution is 2.34. The van der Waals surface area contributed by atoms with Crippen LogP contribution >= 0.6 is 0 Å². The molecule has 0 aromatic carbocycles. The highest BCUT2D eigenvalue weighted by atomic mass is 16.6. The van der Waals surface area contributed by atoms with Gasteiger partial charge in [-0.15, -0.1) is 0 Å². The summed E-state index contributed by atoms with van der Waals surface area (Å²) in [5.74, 6) is 0.211. The first-order valence-electron chi connectivity index (χ1n) is 4.32. The van der Waals surface area contributed by atoms with Crippen LogP contribution in [0, 0.1) is 5.92 Å². The van der Waals surface area contributed by atoms with Crippen molar-refractivity contribution in [3.63, 3.8) is 0 Å². The van der Waals surface area contributed by atoms with Crippen LogP contribution in [0.4, 0.5) is 0 Å². The van der Waals surface area contributed by atoms with Gasteiger partial charge >= 0.3 is 5.97 Å². The summed E-state index contributed by atoms with van der Waals surface area (Å²) in [7, 11) is 0. The Labute approximate surface area is 73.6 Å². The van der Waals surface area contributed by atoms with Crippen LogP contribution in [0.3, 0.4) is 0 Å². The van der Waals surface area contributed by atoms with Crippen LogP contribution in [0.2, 0.25) is 0 Å². The van der Waals surface area contributed by atoms with Crippen LogP contribution in [-0.4, -0.2) is 11.6 Å². The molecule has 1 saturated heterocycles. The Morgan fingerprint density at radius 2 is 2.25 bits per heavy atom. The van der Waals surface area contributed by atoms with Gasteiger partial charge in [0, 0.05) is 5.92 Å². The van der Waals surface area contributed by atoms with Gasteiger partial charge in [-0.05, 0) is 26.8 Å². The summed E-state index contributed by atoms with van der Waals surface area (Å²) in [5.41, 5.74) is 0.828. The second kappa shape index (κ2) is 2.92. The van der Waals surface area contributed by atoms with E-state index in [1.165, 1.54) is 5.57 Å². The Bertz CT molecular complexity index is 226. The average Bonchev–Trinajstić information content (AvgIpc) is 2.04. The topological polar surface area (TPSA) is 26.3 Å². The lowest BCUT2D eigenvalue weighted by Gasteiger charge is -2.23. The molecule has 0 saturated carbocycles. The van der Waals surface area contributed by atoms with E-state index in [4.69, 9.17) is 4.74 Å². The smallest absolute Gasteiger partial charge is 0.307 e. The van der Waals surface area contributed by atoms with E-state index >= 15 is 0 Å². The van der Waals surface area contributed by atoms with Crippen LogP contribution < -0.4 is 0 Å². The molecule has 0 bridgehead atoms. The number of esters is 1. The molecule has 0 aromatic heterocycles. The molecule has 2 heteroatoms. The zero-order valence-electron chi connectivity index (χ0n) is 8.18. The fourth-order valence-corrected chi connectivity index (χ4v) is 1.59. The summed E-state index contributed by atoms with van der Waals surface area (Å²) < 4.78 is 5.26. The van der Waals surface area contributed by atoms with Crippen molar-refractivity contribution < 1.29 is 9.53 Å². The lowest BCUT2D eigenvalue weighted by molar-refractivity contribution is -0.144. The first-order valence-corrected chi connectivity index (χ1v) is 4.32. The predicted octanol–water partition coefficient (Wildman–Crippen LogP) is 2.29. The second-order valence-electron chi connectivity index (χ2n) is 3.98. The van der Waals surface area contributed by atoms with Gasteiger partial charge in [-0.1, -0.05) is 12.5 Å². The van der Waals surface area contributed by atoms with E-state index in [1.54, 1.807) is 0 Å². The van der Waals surface area contributed by atoms with Crippen LogP contribution in [0.1, 0.15) is 34.1 Å². The summed E-state index contributed by atoms with van der Waals surface area (Å²) in [6.07, 6.45) is 2.57. The van der Waals surface area contributed by atoms with Crippen molar-refractivity contribution in [3.8, 4) is 0 Å². The first-order chi connectivity index (χ1) is 5.44. The molecule has 2 atom stereocenters. The van der Waals surface area contributed by atoms with Gasteiger partial charge < -0.3 is 4.74 Å². The van der Waals surface area contributed by atoms with Crippen molar-refractivity contribution in [2.75, 3.05) is 0 Å². The molecule has 0 radical (unpaired) electrons. The van der Waals surface area contributed by atoms with E-state index in [0.29, 0.717) is 12.3 Å². The quantitative estimate of drug-likeness (QED) is 0.443. The standard InChI is InChI=1S/C10H16O2/c1-7(2)6-10(4)8(3)5-9(11)12-10/h6,8H,5H2,1-4H3. The lowest BCUT2D eigenvalue weighted by atomic mass is 9.89. The van der Waals surface area contributed by atoms with Crippen molar-refractivity contribution >= 4 is 5.97 Å². The number of carbonyl (C=O) groups is 1. The zero-order valence-corrected chi connectivity index (χ0v) is 8.18. The molecule has 1 fully saturated rings. The zero-order chi connectivity index (χ0) is 9.35. The molecule has 1 aliphatic heterocycles. The van der Waals surface area contributed by atoms with Crippen LogP contribution in [0.15, 0.2) is 11.6 Å². The minimum atomic E-state index is -0.365. The van der Waals surface area contributed by atoms with Gasteiger partial charge in [-0.3, -0.25) is 4.79 Å². The monoisotopic (exact) mass is 168 g/mol. The Balaban J connectivity index is 2.85. The first kappa shape index (κ1) is 9.30. The van der Waals surface area contributed by atoms with E-state index in [9.17, 15) is 4.79 Å². The number of cyclic esters (lactones) is 1. The molecule has 2 nitrogen and oxygen atoms in total. The number of hydrogen-bond acceptors (Lipinski definition) is 2. The van der Waals surface area contributed by atoms with Crippen molar-refractivity contribution in [2.45, 2.75) is 39.7 Å². The highest BCUT2D eigenvalue weighted by Gasteiger charge is 2.40. The Morgan fingerprint density at radius 3 is 2.58 bits per heavy atom. The van der Waals surface area contributed by atoms with Gasteiger partial charge in [0.15, 0.2) is 0 Å². The molecule has 0 aliphatic carbocycles. The minimum Gasteiger partial charge on any atom is -0.455 e. The van der Waals surface area contributed by atoms with Crippen molar-refractivity contribution in [1.82, 2.24) is 0 Å². The Kier molecular flexibility index (Phi) is 2.27. The maximum atomic E-state index is 11.0. The molecule has 2 unspecified atom stereocenters. The van der Waals surface area contributed by atoms with Gasteiger partial charge in [0.05, 0.1) is 6.42 Å². The average molecular weight is 168 g/mol. The largest absolute Gasteiger partial charge is 0.455 e. The molecule has 1 aliphatic rings. The summed E-state index contributed by atoms with van der Waals surface area (Å²) in [6, 6.07) is 0. The summed E-state index contributed by atoms with van der Waals surface area (Å²) >= 11 is 0. The van der Waals surface area contributed by atoms with Gasteiger partial charge in [-0.25, -0.2) is 0 Å². The van der Waals surface area contributed by atoms with E-state index in [1.807, 2.05) is 33.8 Å². The van der Waals surface area contributed by atoms with Gasteiger partial charge in [0.1, 0.15) is 5.60 Å². The number of rotatable bonds is 1. The van der Waals surface area contributed by atoms with Gasteiger partial charge in [0.25, 0.3) is 0 Å². The molecular weight excluding hydrogens is 152 g/mol. The third-order valence-electron chi connectivity index (χ3n) is 2.36. The Morgan fingerprint density at radius 1 is 1.67 bits per heavy atom. The maximum absolute atomic E-state index is 11.0. The van der Waals surface area contributed by atoms with Crippen LogP contribution in [-0.2, 0) is 9.53 Å². The van der Waals surface area contributed by atoms with E-state index in [0.717, 1.165) is 0 Å². The fourth-order valence-electron chi connectivity index (χ4n) is 1.59.